The summed E-state index contributed by atoms with van der Waals surface area (Å²) in [5, 5.41) is 3.15. The first kappa shape index (κ1) is 8.27. The van der Waals surface area contributed by atoms with Gasteiger partial charge in [-0.05, 0) is 0 Å². The molecule has 0 saturated carbocycles. The molecule has 1 aliphatic rings. The molecule has 11 heavy (non-hydrogen) atoms. The summed E-state index contributed by atoms with van der Waals surface area (Å²) < 4.78 is 0. The van der Waals surface area contributed by atoms with Gasteiger partial charge in [0.15, 0.2) is 0 Å². The number of carbonyl (C=O) groups excluding carboxylic acids is 1. The summed E-state index contributed by atoms with van der Waals surface area (Å²) in [6, 6.07) is 0. The van der Waals surface area contributed by atoms with Gasteiger partial charge in [-0.25, -0.2) is 0 Å². The van der Waals surface area contributed by atoms with Gasteiger partial charge in [-0.3, -0.25) is 4.79 Å². The fraction of sp³-hybridized carbons (Fsp3) is 0.625. The predicted molar refractivity (Wildman–Crippen MR) is 44.0 cm³/mol. The lowest BCUT2D eigenvalue weighted by atomic mass is 10.3. The second-order valence-electron chi connectivity index (χ2n) is 2.64. The lowest BCUT2D eigenvalue weighted by Gasteiger charge is -2.29. The van der Waals surface area contributed by atoms with Crippen LogP contribution in [0.25, 0.3) is 0 Å². The maximum atomic E-state index is 11.2. The molecule has 0 bridgehead atoms. The Hall–Kier alpha value is -0.830. The Morgan fingerprint density at radius 3 is 3.09 bits per heavy atom. The minimum absolute atomic E-state index is 0.177. The normalized spacial score (nSPS) is 18.6. The van der Waals surface area contributed by atoms with E-state index in [0.717, 1.165) is 25.3 Å². The average molecular weight is 154 g/mol. The van der Waals surface area contributed by atoms with Crippen LogP contribution in [0.2, 0.25) is 0 Å². The van der Waals surface area contributed by atoms with Crippen molar-refractivity contribution in [2.24, 2.45) is 0 Å². The first-order chi connectivity index (χ1) is 5.25. The summed E-state index contributed by atoms with van der Waals surface area (Å²) in [5.74, 6) is 0.177. The van der Waals surface area contributed by atoms with Gasteiger partial charge in [-0.2, -0.15) is 0 Å². The zero-order chi connectivity index (χ0) is 8.27. The minimum atomic E-state index is 0.177. The van der Waals surface area contributed by atoms with E-state index in [1.54, 1.807) is 4.90 Å². The van der Waals surface area contributed by atoms with Crippen LogP contribution in [0.1, 0.15) is 13.3 Å². The third-order valence-corrected chi connectivity index (χ3v) is 1.83. The van der Waals surface area contributed by atoms with E-state index < -0.39 is 0 Å². The lowest BCUT2D eigenvalue weighted by Crippen LogP contribution is -2.44. The van der Waals surface area contributed by atoms with Crippen molar-refractivity contribution in [1.29, 1.82) is 0 Å². The number of piperazine rings is 1. The Labute approximate surface area is 67.1 Å². The first-order valence-electron chi connectivity index (χ1n) is 3.94. The molecule has 1 saturated heterocycles. The molecule has 1 heterocycles. The summed E-state index contributed by atoms with van der Waals surface area (Å²) in [4.78, 5) is 13.0. The number of rotatable bonds is 1. The molecule has 1 fully saturated rings. The van der Waals surface area contributed by atoms with E-state index >= 15 is 0 Å². The lowest BCUT2D eigenvalue weighted by molar-refractivity contribution is -0.129. The monoisotopic (exact) mass is 154 g/mol. The third-order valence-electron chi connectivity index (χ3n) is 1.83. The van der Waals surface area contributed by atoms with E-state index in [1.807, 2.05) is 6.92 Å². The number of hydrogen-bond acceptors (Lipinski definition) is 2. The Morgan fingerprint density at radius 2 is 2.55 bits per heavy atom. The standard InChI is InChI=1S/C8H14N2O/c1-3-8(11)10-5-4-9-6-7(10)2/h9H,2-6H2,1H3. The quantitative estimate of drug-likeness (QED) is 0.590. The number of hydrogen-bond donors (Lipinski definition) is 1. The minimum Gasteiger partial charge on any atom is -0.314 e. The maximum absolute atomic E-state index is 11.2. The Bertz CT molecular complexity index is 169. The smallest absolute Gasteiger partial charge is 0.226 e. The zero-order valence-electron chi connectivity index (χ0n) is 6.89. The van der Waals surface area contributed by atoms with Crippen molar-refractivity contribution in [3.63, 3.8) is 0 Å². The summed E-state index contributed by atoms with van der Waals surface area (Å²) in [6.07, 6.45) is 0.568. The molecular weight excluding hydrogens is 140 g/mol. The zero-order valence-corrected chi connectivity index (χ0v) is 6.89. The summed E-state index contributed by atoms with van der Waals surface area (Å²) in [7, 11) is 0. The second-order valence-corrected chi connectivity index (χ2v) is 2.64. The van der Waals surface area contributed by atoms with Gasteiger partial charge >= 0.3 is 0 Å². The third kappa shape index (κ3) is 1.80. The fourth-order valence-electron chi connectivity index (χ4n) is 1.17. The maximum Gasteiger partial charge on any atom is 0.226 e. The molecule has 0 atom stereocenters. The first-order valence-corrected chi connectivity index (χ1v) is 3.94. The van der Waals surface area contributed by atoms with Crippen molar-refractivity contribution in [1.82, 2.24) is 10.2 Å². The molecule has 0 radical (unpaired) electrons. The largest absolute Gasteiger partial charge is 0.314 e. The number of amides is 1. The van der Waals surface area contributed by atoms with Crippen LogP contribution in [0.15, 0.2) is 12.3 Å². The number of nitrogens with one attached hydrogen (secondary N) is 1. The van der Waals surface area contributed by atoms with Crippen molar-refractivity contribution in [3.8, 4) is 0 Å². The molecule has 3 nitrogen and oxygen atoms in total. The molecule has 1 N–H and O–H groups in total. The van der Waals surface area contributed by atoms with Gasteiger partial charge in [0.25, 0.3) is 0 Å². The highest BCUT2D eigenvalue weighted by molar-refractivity contribution is 5.77. The van der Waals surface area contributed by atoms with Gasteiger partial charge in [0.1, 0.15) is 0 Å². The molecule has 62 valence electrons. The van der Waals surface area contributed by atoms with Crippen LogP contribution in [0.4, 0.5) is 0 Å². The molecule has 0 aromatic heterocycles. The van der Waals surface area contributed by atoms with Crippen LogP contribution in [0, 0.1) is 0 Å². The Balaban J connectivity index is 2.54. The van der Waals surface area contributed by atoms with Crippen LogP contribution < -0.4 is 5.32 Å². The Kier molecular flexibility index (Phi) is 2.65. The van der Waals surface area contributed by atoms with Gasteiger partial charge in [-0.1, -0.05) is 13.5 Å². The summed E-state index contributed by atoms with van der Waals surface area (Å²) in [5.41, 5.74) is 0.892. The van der Waals surface area contributed by atoms with E-state index in [2.05, 4.69) is 11.9 Å². The second kappa shape index (κ2) is 3.53. The SMILES string of the molecule is C=C1CNCCN1C(=O)CC. The predicted octanol–water partition coefficient (Wildman–Crippen LogP) is 0.342. The molecule has 0 aromatic rings. The van der Waals surface area contributed by atoms with Crippen molar-refractivity contribution in [2.75, 3.05) is 19.6 Å². The van der Waals surface area contributed by atoms with Gasteiger partial charge in [0.05, 0.1) is 0 Å². The molecule has 1 aliphatic heterocycles. The number of nitrogens with zero attached hydrogens (tertiary/aromatic N) is 1. The fourth-order valence-corrected chi connectivity index (χ4v) is 1.17. The Morgan fingerprint density at radius 1 is 1.82 bits per heavy atom. The molecule has 1 amide bonds. The van der Waals surface area contributed by atoms with E-state index in [9.17, 15) is 4.79 Å². The summed E-state index contributed by atoms with van der Waals surface area (Å²) >= 11 is 0. The van der Waals surface area contributed by atoms with Gasteiger partial charge < -0.3 is 10.2 Å². The molecule has 0 spiro atoms. The van der Waals surface area contributed by atoms with E-state index in [4.69, 9.17) is 0 Å². The van der Waals surface area contributed by atoms with Crippen molar-refractivity contribution >= 4 is 5.91 Å². The van der Waals surface area contributed by atoms with E-state index in [1.165, 1.54) is 0 Å². The molecule has 0 unspecified atom stereocenters. The highest BCUT2D eigenvalue weighted by Crippen LogP contribution is 2.05. The number of carbonyl (C=O) groups is 1. The molecule has 1 rings (SSSR count). The van der Waals surface area contributed by atoms with E-state index in [0.29, 0.717) is 6.42 Å². The molecule has 3 heteroatoms. The average Bonchev–Trinajstić information content (AvgIpc) is 2.04. The van der Waals surface area contributed by atoms with Crippen LogP contribution in [-0.4, -0.2) is 30.4 Å². The van der Waals surface area contributed by atoms with Crippen molar-refractivity contribution in [3.05, 3.63) is 12.3 Å². The van der Waals surface area contributed by atoms with Gasteiger partial charge in [0.2, 0.25) is 5.91 Å². The van der Waals surface area contributed by atoms with Crippen LogP contribution in [0.3, 0.4) is 0 Å². The molecule has 0 aliphatic carbocycles. The highest BCUT2D eigenvalue weighted by atomic mass is 16.2. The topological polar surface area (TPSA) is 32.3 Å². The van der Waals surface area contributed by atoms with Crippen molar-refractivity contribution in [2.45, 2.75) is 13.3 Å². The van der Waals surface area contributed by atoms with Crippen LogP contribution in [-0.2, 0) is 4.79 Å². The van der Waals surface area contributed by atoms with Gasteiger partial charge in [-0.15, -0.1) is 0 Å². The van der Waals surface area contributed by atoms with Crippen LogP contribution in [0.5, 0.6) is 0 Å². The van der Waals surface area contributed by atoms with Crippen LogP contribution >= 0.6 is 0 Å². The van der Waals surface area contributed by atoms with E-state index in [-0.39, 0.29) is 5.91 Å². The van der Waals surface area contributed by atoms with Gasteiger partial charge in [0, 0.05) is 31.8 Å². The van der Waals surface area contributed by atoms with Crippen molar-refractivity contribution < 1.29 is 4.79 Å². The molecular formula is C8H14N2O. The highest BCUT2D eigenvalue weighted by Gasteiger charge is 2.17. The molecule has 0 aromatic carbocycles. The summed E-state index contributed by atoms with van der Waals surface area (Å²) in [6.45, 7) is 8.07.